The van der Waals surface area contributed by atoms with Crippen molar-refractivity contribution in [1.29, 1.82) is 0 Å². The monoisotopic (exact) mass is 206 g/mol. The molecular weight excluding hydrogens is 196 g/mol. The van der Waals surface area contributed by atoms with E-state index in [0.29, 0.717) is 16.7 Å². The van der Waals surface area contributed by atoms with Gasteiger partial charge in [0.1, 0.15) is 23.0 Å². The first-order chi connectivity index (χ1) is 7.27. The van der Waals surface area contributed by atoms with Gasteiger partial charge in [-0.2, -0.15) is 0 Å². The Labute approximate surface area is 85.7 Å². The number of methoxy groups -OCH3 is 1. The number of fused-ring (bicyclic) bond motifs is 1. The maximum Gasteiger partial charge on any atom is 0.201 e. The van der Waals surface area contributed by atoms with E-state index in [1.54, 1.807) is 18.2 Å². The zero-order valence-electron chi connectivity index (χ0n) is 8.19. The Bertz CT molecular complexity index is 542. The summed E-state index contributed by atoms with van der Waals surface area (Å²) in [7, 11) is 1.49. The molecule has 0 aliphatic carbocycles. The first-order valence-corrected chi connectivity index (χ1v) is 4.46. The van der Waals surface area contributed by atoms with Gasteiger partial charge in [-0.05, 0) is 12.1 Å². The van der Waals surface area contributed by atoms with Crippen molar-refractivity contribution >= 4 is 11.0 Å². The highest BCUT2D eigenvalue weighted by atomic mass is 16.5. The van der Waals surface area contributed by atoms with E-state index >= 15 is 0 Å². The Morgan fingerprint density at radius 1 is 1.47 bits per heavy atom. The topological polar surface area (TPSA) is 59.7 Å². The molecule has 1 aromatic heterocycles. The minimum atomic E-state index is -0.337. The van der Waals surface area contributed by atoms with Crippen LogP contribution in [0.15, 0.2) is 33.7 Å². The lowest BCUT2D eigenvalue weighted by Crippen LogP contribution is -2.09. The Hall–Kier alpha value is -1.81. The lowest BCUT2D eigenvalue weighted by Gasteiger charge is -2.04. The van der Waals surface area contributed by atoms with E-state index in [-0.39, 0.29) is 17.6 Å². The van der Waals surface area contributed by atoms with E-state index in [4.69, 9.17) is 14.3 Å². The van der Waals surface area contributed by atoms with E-state index in [9.17, 15) is 4.79 Å². The van der Waals surface area contributed by atoms with Crippen LogP contribution in [0.1, 0.15) is 5.56 Å². The minimum Gasteiger partial charge on any atom is -0.496 e. The molecule has 0 bridgehead atoms. The maximum absolute atomic E-state index is 11.8. The van der Waals surface area contributed by atoms with Gasteiger partial charge in [0.25, 0.3) is 0 Å². The van der Waals surface area contributed by atoms with Crippen molar-refractivity contribution in [3.8, 4) is 5.75 Å². The molecule has 0 fully saturated rings. The van der Waals surface area contributed by atoms with Crippen LogP contribution < -0.4 is 10.2 Å². The smallest absolute Gasteiger partial charge is 0.201 e. The molecule has 0 atom stereocenters. The molecule has 2 aromatic rings. The van der Waals surface area contributed by atoms with Gasteiger partial charge in [0.2, 0.25) is 5.43 Å². The van der Waals surface area contributed by atoms with Crippen molar-refractivity contribution in [2.45, 2.75) is 6.61 Å². The lowest BCUT2D eigenvalue weighted by atomic mass is 10.1. The van der Waals surface area contributed by atoms with Crippen LogP contribution in [0.3, 0.4) is 0 Å². The SMILES string of the molecule is COc1cccc2occ(CO)c(=O)c12. The predicted octanol–water partition coefficient (Wildman–Crippen LogP) is 1.29. The van der Waals surface area contributed by atoms with Gasteiger partial charge in [-0.1, -0.05) is 6.07 Å². The molecule has 0 saturated heterocycles. The third-order valence-electron chi connectivity index (χ3n) is 2.23. The standard InChI is InChI=1S/C11H10O4/c1-14-8-3-2-4-9-10(8)11(13)7(5-12)6-15-9/h2-4,6,12H,5H2,1H3. The molecule has 0 radical (unpaired) electrons. The second-order valence-electron chi connectivity index (χ2n) is 3.08. The summed E-state index contributed by atoms with van der Waals surface area (Å²) in [4.78, 5) is 11.8. The molecule has 0 unspecified atom stereocenters. The number of aliphatic hydroxyl groups excluding tert-OH is 1. The van der Waals surface area contributed by atoms with Crippen molar-refractivity contribution in [2.75, 3.05) is 7.11 Å². The molecule has 78 valence electrons. The van der Waals surface area contributed by atoms with Gasteiger partial charge in [-0.25, -0.2) is 0 Å². The summed E-state index contributed by atoms with van der Waals surface area (Å²) in [6.07, 6.45) is 1.27. The third-order valence-corrected chi connectivity index (χ3v) is 2.23. The molecular formula is C11H10O4. The van der Waals surface area contributed by atoms with Crippen molar-refractivity contribution < 1.29 is 14.3 Å². The number of hydrogen-bond donors (Lipinski definition) is 1. The second kappa shape index (κ2) is 3.74. The molecule has 0 aliphatic rings. The normalized spacial score (nSPS) is 10.5. The van der Waals surface area contributed by atoms with Crippen LogP contribution in [0, 0.1) is 0 Å². The van der Waals surface area contributed by atoms with Crippen molar-refractivity contribution in [3.63, 3.8) is 0 Å². The average Bonchev–Trinajstić information content (AvgIpc) is 2.29. The predicted molar refractivity (Wildman–Crippen MR) is 55.0 cm³/mol. The summed E-state index contributed by atoms with van der Waals surface area (Å²) in [5, 5.41) is 9.31. The van der Waals surface area contributed by atoms with Crippen LogP contribution in [0.25, 0.3) is 11.0 Å². The highest BCUT2D eigenvalue weighted by Crippen LogP contribution is 2.22. The fourth-order valence-corrected chi connectivity index (χ4v) is 1.46. The molecule has 1 aromatic carbocycles. The molecule has 1 heterocycles. The summed E-state index contributed by atoms with van der Waals surface area (Å²) in [6.45, 7) is -0.337. The van der Waals surface area contributed by atoms with E-state index in [1.807, 2.05) is 0 Å². The van der Waals surface area contributed by atoms with E-state index < -0.39 is 0 Å². The lowest BCUT2D eigenvalue weighted by molar-refractivity contribution is 0.277. The van der Waals surface area contributed by atoms with Gasteiger partial charge >= 0.3 is 0 Å². The fraction of sp³-hybridized carbons (Fsp3) is 0.182. The van der Waals surface area contributed by atoms with Gasteiger partial charge < -0.3 is 14.3 Å². The summed E-state index contributed by atoms with van der Waals surface area (Å²) < 4.78 is 10.3. The average molecular weight is 206 g/mol. The highest BCUT2D eigenvalue weighted by Gasteiger charge is 2.10. The largest absolute Gasteiger partial charge is 0.496 e. The van der Waals surface area contributed by atoms with Gasteiger partial charge in [0.05, 0.1) is 19.3 Å². The Morgan fingerprint density at radius 2 is 2.27 bits per heavy atom. The van der Waals surface area contributed by atoms with E-state index in [1.165, 1.54) is 13.4 Å². The maximum atomic E-state index is 11.8. The molecule has 0 amide bonds. The van der Waals surface area contributed by atoms with E-state index in [2.05, 4.69) is 0 Å². The van der Waals surface area contributed by atoms with Crippen LogP contribution in [0.4, 0.5) is 0 Å². The van der Waals surface area contributed by atoms with Crippen LogP contribution in [-0.2, 0) is 6.61 Å². The molecule has 15 heavy (non-hydrogen) atoms. The summed E-state index contributed by atoms with van der Waals surface area (Å²) in [5.41, 5.74) is 0.430. The summed E-state index contributed by atoms with van der Waals surface area (Å²) in [5.74, 6) is 0.455. The number of aliphatic hydroxyl groups is 1. The zero-order chi connectivity index (χ0) is 10.8. The number of hydrogen-bond acceptors (Lipinski definition) is 4. The molecule has 0 aliphatic heterocycles. The summed E-state index contributed by atoms with van der Waals surface area (Å²) >= 11 is 0. The fourth-order valence-electron chi connectivity index (χ4n) is 1.46. The zero-order valence-corrected chi connectivity index (χ0v) is 8.19. The van der Waals surface area contributed by atoms with Crippen LogP contribution >= 0.6 is 0 Å². The second-order valence-corrected chi connectivity index (χ2v) is 3.08. The van der Waals surface area contributed by atoms with Crippen LogP contribution in [-0.4, -0.2) is 12.2 Å². The number of ether oxygens (including phenoxy) is 1. The first-order valence-electron chi connectivity index (χ1n) is 4.46. The van der Waals surface area contributed by atoms with Gasteiger partial charge in [-0.15, -0.1) is 0 Å². The quantitative estimate of drug-likeness (QED) is 0.804. The molecule has 4 heteroatoms. The summed E-state index contributed by atoms with van der Waals surface area (Å²) in [6, 6.07) is 5.10. The van der Waals surface area contributed by atoms with Crippen LogP contribution in [0.5, 0.6) is 5.75 Å². The van der Waals surface area contributed by atoms with Gasteiger partial charge in [0.15, 0.2) is 0 Å². The van der Waals surface area contributed by atoms with Gasteiger partial charge in [0, 0.05) is 0 Å². The molecule has 2 rings (SSSR count). The number of benzene rings is 1. The minimum absolute atomic E-state index is 0.229. The van der Waals surface area contributed by atoms with Crippen molar-refractivity contribution in [2.24, 2.45) is 0 Å². The Balaban J connectivity index is 2.89. The molecule has 1 N–H and O–H groups in total. The number of rotatable bonds is 2. The first kappa shape index (κ1) is 9.73. The molecule has 0 saturated carbocycles. The molecule has 0 spiro atoms. The van der Waals surface area contributed by atoms with Gasteiger partial charge in [-0.3, -0.25) is 4.79 Å². The third kappa shape index (κ3) is 1.49. The van der Waals surface area contributed by atoms with E-state index in [0.717, 1.165) is 0 Å². The Morgan fingerprint density at radius 3 is 2.93 bits per heavy atom. The van der Waals surface area contributed by atoms with Crippen molar-refractivity contribution in [3.05, 3.63) is 40.2 Å². The van der Waals surface area contributed by atoms with Crippen molar-refractivity contribution in [1.82, 2.24) is 0 Å². The molecule has 4 nitrogen and oxygen atoms in total. The Kier molecular flexibility index (Phi) is 2.43. The highest BCUT2D eigenvalue weighted by molar-refractivity contribution is 5.83. The van der Waals surface area contributed by atoms with Crippen LogP contribution in [0.2, 0.25) is 0 Å².